The second-order valence-corrected chi connectivity index (χ2v) is 9.71. The molecule has 1 atom stereocenters. The Kier molecular flexibility index (Phi) is 7.03. The fourth-order valence-electron chi connectivity index (χ4n) is 5.20. The molecule has 1 aliphatic heterocycles. The van der Waals surface area contributed by atoms with Gasteiger partial charge in [-0.3, -0.25) is 14.6 Å². The summed E-state index contributed by atoms with van der Waals surface area (Å²) < 4.78 is 7.70. The van der Waals surface area contributed by atoms with E-state index in [1.807, 2.05) is 49.4 Å². The molecular weight excluding hydrogens is 492 g/mol. The minimum atomic E-state index is -0.317. The molecule has 5 rings (SSSR count). The van der Waals surface area contributed by atoms with Gasteiger partial charge in [0.15, 0.2) is 0 Å². The first-order chi connectivity index (χ1) is 18.8. The van der Waals surface area contributed by atoms with Crippen molar-refractivity contribution in [2.75, 3.05) is 13.2 Å². The van der Waals surface area contributed by atoms with Crippen LogP contribution in [-0.4, -0.2) is 43.5 Å². The highest BCUT2D eigenvalue weighted by atomic mass is 16.5. The van der Waals surface area contributed by atoms with E-state index in [1.165, 1.54) is 6.20 Å². The lowest BCUT2D eigenvalue weighted by Crippen LogP contribution is -2.40. The molecule has 0 aliphatic carbocycles. The first-order valence-corrected chi connectivity index (χ1v) is 12.9. The van der Waals surface area contributed by atoms with E-state index in [0.717, 1.165) is 33.6 Å². The number of amides is 1. The number of aromatic amines is 1. The summed E-state index contributed by atoms with van der Waals surface area (Å²) in [6.45, 7) is 16.6. The van der Waals surface area contributed by atoms with Crippen LogP contribution in [-0.2, 0) is 13.0 Å². The Morgan fingerprint density at radius 2 is 1.92 bits per heavy atom. The normalized spacial score (nSPS) is 13.6. The van der Waals surface area contributed by atoms with Gasteiger partial charge >= 0.3 is 0 Å². The van der Waals surface area contributed by atoms with E-state index in [1.54, 1.807) is 24.5 Å². The molecule has 3 aromatic heterocycles. The number of carbonyl (C=O) groups excluding carboxylic acids is 1. The van der Waals surface area contributed by atoms with Crippen LogP contribution in [0.2, 0.25) is 0 Å². The van der Waals surface area contributed by atoms with E-state index in [4.69, 9.17) is 11.3 Å². The fourth-order valence-corrected chi connectivity index (χ4v) is 5.20. The average Bonchev–Trinajstić information content (AvgIpc) is 3.32. The number of imidazole rings is 1. The van der Waals surface area contributed by atoms with Gasteiger partial charge in [0.2, 0.25) is 11.2 Å². The lowest BCUT2D eigenvalue weighted by atomic mass is 9.87. The average molecular weight is 523 g/mol. The smallest absolute Gasteiger partial charge is 0.254 e. The topological polar surface area (TPSA) is 97.5 Å². The molecule has 0 fully saturated rings. The van der Waals surface area contributed by atoms with Gasteiger partial charge in [-0.15, -0.1) is 0 Å². The van der Waals surface area contributed by atoms with Crippen LogP contribution >= 0.6 is 0 Å². The van der Waals surface area contributed by atoms with Gasteiger partial charge in [0.1, 0.15) is 11.6 Å². The summed E-state index contributed by atoms with van der Waals surface area (Å²) in [6, 6.07) is 7.12. The van der Waals surface area contributed by atoms with Gasteiger partial charge in [-0.2, -0.15) is 0 Å². The molecule has 1 aliphatic rings. The van der Waals surface area contributed by atoms with Crippen molar-refractivity contribution in [3.8, 4) is 16.9 Å². The quantitative estimate of drug-likeness (QED) is 0.344. The maximum Gasteiger partial charge on any atom is 0.254 e. The molecule has 198 valence electrons. The monoisotopic (exact) mass is 522 g/mol. The summed E-state index contributed by atoms with van der Waals surface area (Å²) in [4.78, 5) is 42.9. The molecule has 4 heterocycles. The molecule has 0 bridgehead atoms. The second kappa shape index (κ2) is 10.6. The maximum absolute atomic E-state index is 14.1. The number of aromatic nitrogens is 4. The number of H-pyrrole nitrogens is 1. The zero-order valence-electron chi connectivity index (χ0n) is 22.5. The molecule has 1 amide bonds. The van der Waals surface area contributed by atoms with Crippen molar-refractivity contribution in [1.29, 1.82) is 0 Å². The Morgan fingerprint density at radius 3 is 2.62 bits per heavy atom. The molecule has 1 aromatic carbocycles. The van der Waals surface area contributed by atoms with Crippen LogP contribution < -0.4 is 10.3 Å². The van der Waals surface area contributed by atoms with Crippen molar-refractivity contribution in [3.05, 3.63) is 105 Å². The third-order valence-corrected chi connectivity index (χ3v) is 7.28. The summed E-state index contributed by atoms with van der Waals surface area (Å²) in [5, 5.41) is 0. The first-order valence-electron chi connectivity index (χ1n) is 12.9. The molecule has 0 spiro atoms. The number of fused-ring (bicyclic) bond motifs is 1. The molecule has 9 nitrogen and oxygen atoms in total. The van der Waals surface area contributed by atoms with Crippen LogP contribution in [0.3, 0.4) is 0 Å². The van der Waals surface area contributed by atoms with Crippen molar-refractivity contribution in [2.45, 2.75) is 46.7 Å². The predicted molar refractivity (Wildman–Crippen MR) is 148 cm³/mol. The van der Waals surface area contributed by atoms with Gasteiger partial charge in [-0.1, -0.05) is 0 Å². The van der Waals surface area contributed by atoms with E-state index in [9.17, 15) is 9.59 Å². The number of hydrogen-bond acceptors (Lipinski definition) is 5. The number of benzene rings is 1. The SMILES string of the molecule is [C-]#[N+]c1cnc([C@H](C)N2CCc3c(cc(Cn4ccnc4C)cc3-c3c[nH]c(=O)cc3C)C2=O)cc1OCC. The summed E-state index contributed by atoms with van der Waals surface area (Å²) >= 11 is 0. The maximum atomic E-state index is 14.1. The van der Waals surface area contributed by atoms with Crippen molar-refractivity contribution in [3.63, 3.8) is 0 Å². The van der Waals surface area contributed by atoms with E-state index in [-0.39, 0.29) is 17.5 Å². The minimum Gasteiger partial charge on any atom is -0.505 e. The van der Waals surface area contributed by atoms with E-state index in [2.05, 4.69) is 25.9 Å². The lowest BCUT2D eigenvalue weighted by molar-refractivity contribution is 0.0669. The Labute approximate surface area is 226 Å². The van der Waals surface area contributed by atoms with Gasteiger partial charge in [-0.05, 0) is 74.6 Å². The highest BCUT2D eigenvalue weighted by molar-refractivity contribution is 5.99. The molecule has 1 N–H and O–H groups in total. The third-order valence-electron chi connectivity index (χ3n) is 7.28. The van der Waals surface area contributed by atoms with Gasteiger partial charge in [0.25, 0.3) is 5.91 Å². The van der Waals surface area contributed by atoms with Crippen molar-refractivity contribution in [1.82, 2.24) is 24.4 Å². The van der Waals surface area contributed by atoms with E-state index in [0.29, 0.717) is 48.8 Å². The standard InChI is InChI=1S/C30H30N6O3/c1-6-39-28-14-26(33-16-27(28)31-5)19(3)36-9-7-22-23(25-15-34-29(37)11-18(25)2)12-21(13-24(22)30(36)38)17-35-10-8-32-20(35)4/h8,10-16,19H,6-7,9,17H2,1-4H3,(H,34,37)/t19-/m0/s1. The number of aryl methyl sites for hydroxylation is 2. The van der Waals surface area contributed by atoms with Gasteiger partial charge in [0, 0.05) is 55.1 Å². The molecule has 0 saturated carbocycles. The Bertz CT molecular complexity index is 1660. The number of nitrogens with one attached hydrogen (secondary N) is 1. The van der Waals surface area contributed by atoms with E-state index < -0.39 is 0 Å². The lowest BCUT2D eigenvalue weighted by Gasteiger charge is -2.35. The highest BCUT2D eigenvalue weighted by Crippen LogP contribution is 2.37. The fraction of sp³-hybridized carbons (Fsp3) is 0.300. The van der Waals surface area contributed by atoms with Crippen LogP contribution in [0.5, 0.6) is 5.75 Å². The van der Waals surface area contributed by atoms with Crippen LogP contribution in [0.1, 0.15) is 58.5 Å². The van der Waals surface area contributed by atoms with Crippen molar-refractivity contribution < 1.29 is 9.53 Å². The third kappa shape index (κ3) is 4.93. The van der Waals surface area contributed by atoms with Crippen LogP contribution in [0.4, 0.5) is 5.69 Å². The van der Waals surface area contributed by atoms with Crippen LogP contribution in [0, 0.1) is 20.4 Å². The van der Waals surface area contributed by atoms with Crippen LogP contribution in [0.15, 0.2) is 53.8 Å². The number of rotatable bonds is 7. The molecule has 9 heteroatoms. The first kappa shape index (κ1) is 25.9. The molecule has 4 aromatic rings. The van der Waals surface area contributed by atoms with Crippen molar-refractivity contribution >= 4 is 11.6 Å². The largest absolute Gasteiger partial charge is 0.505 e. The van der Waals surface area contributed by atoms with Gasteiger partial charge in [0.05, 0.1) is 24.9 Å². The molecule has 0 saturated heterocycles. The number of pyridine rings is 2. The summed E-state index contributed by atoms with van der Waals surface area (Å²) in [5.74, 6) is 1.28. The Morgan fingerprint density at radius 1 is 1.13 bits per heavy atom. The number of ether oxygens (including phenoxy) is 1. The molecule has 0 radical (unpaired) electrons. The Hall–Kier alpha value is -4.71. The number of hydrogen-bond donors (Lipinski definition) is 1. The van der Waals surface area contributed by atoms with Crippen molar-refractivity contribution in [2.24, 2.45) is 0 Å². The molecule has 0 unspecified atom stereocenters. The number of nitrogens with zero attached hydrogens (tertiary/aromatic N) is 5. The zero-order chi connectivity index (χ0) is 27.7. The molecular formula is C30H30N6O3. The minimum absolute atomic E-state index is 0.0784. The second-order valence-electron chi connectivity index (χ2n) is 9.71. The van der Waals surface area contributed by atoms with Gasteiger partial charge < -0.3 is 19.2 Å². The predicted octanol–water partition coefficient (Wildman–Crippen LogP) is 5.01. The summed E-state index contributed by atoms with van der Waals surface area (Å²) in [7, 11) is 0. The Balaban J connectivity index is 1.58. The van der Waals surface area contributed by atoms with E-state index >= 15 is 0 Å². The zero-order valence-corrected chi connectivity index (χ0v) is 22.5. The van der Waals surface area contributed by atoms with Crippen LogP contribution in [0.25, 0.3) is 16.0 Å². The highest BCUT2D eigenvalue weighted by Gasteiger charge is 2.32. The van der Waals surface area contributed by atoms with Gasteiger partial charge in [-0.25, -0.2) is 9.83 Å². The summed E-state index contributed by atoms with van der Waals surface area (Å²) in [6.07, 6.45) is 7.58. The number of carbonyl (C=O) groups is 1. The summed E-state index contributed by atoms with van der Waals surface area (Å²) in [5.41, 5.74) is 6.16. The molecule has 39 heavy (non-hydrogen) atoms.